The van der Waals surface area contributed by atoms with Gasteiger partial charge in [0.2, 0.25) is 0 Å². The van der Waals surface area contributed by atoms with Crippen molar-refractivity contribution in [1.82, 2.24) is 15.2 Å². The number of nitrogens with one attached hydrogen (secondary N) is 1. The number of hydrogen-bond acceptors (Lipinski definition) is 3. The zero-order valence-electron chi connectivity index (χ0n) is 13.7. The second kappa shape index (κ2) is 7.58. The van der Waals surface area contributed by atoms with E-state index in [2.05, 4.69) is 24.1 Å². The number of aliphatic hydroxyl groups is 1. The number of pyridine rings is 1. The van der Waals surface area contributed by atoms with Gasteiger partial charge in [0, 0.05) is 25.2 Å². The van der Waals surface area contributed by atoms with E-state index in [4.69, 9.17) is 0 Å². The lowest BCUT2D eigenvalue weighted by Crippen LogP contribution is -2.41. The Bertz CT molecular complexity index is 476. The molecule has 3 atom stereocenters. The second-order valence-electron chi connectivity index (χ2n) is 6.62. The number of nitrogens with zero attached hydrogens (tertiary/aromatic N) is 2. The predicted molar refractivity (Wildman–Crippen MR) is 86.3 cm³/mol. The summed E-state index contributed by atoms with van der Waals surface area (Å²) in [4.78, 5) is 18.7. The monoisotopic (exact) mass is 305 g/mol. The molecular formula is C17H27N3O2. The third-order valence-electron chi connectivity index (χ3n) is 4.24. The lowest BCUT2D eigenvalue weighted by atomic mass is 10.0. The fourth-order valence-corrected chi connectivity index (χ4v) is 2.91. The minimum Gasteiger partial charge on any atom is -0.393 e. The Kier molecular flexibility index (Phi) is 5.77. The van der Waals surface area contributed by atoms with Gasteiger partial charge in [-0.2, -0.15) is 0 Å². The first-order chi connectivity index (χ1) is 10.5. The fourth-order valence-electron chi connectivity index (χ4n) is 2.91. The number of urea groups is 1. The lowest BCUT2D eigenvalue weighted by Gasteiger charge is -2.24. The zero-order valence-corrected chi connectivity index (χ0v) is 13.7. The smallest absolute Gasteiger partial charge is 0.317 e. The van der Waals surface area contributed by atoms with E-state index < -0.39 is 0 Å². The van der Waals surface area contributed by atoms with Crippen molar-refractivity contribution in [3.8, 4) is 0 Å². The standard InChI is InChI=1S/C17H27N3O2/c1-12(2)10-16(15-6-4-5-8-18-15)19-17(22)20-9-7-14(11-20)13(3)21/h4-6,8,12-14,16,21H,7,9-11H2,1-3H3,(H,19,22)/t13-,14-,16+/m1/s1. The maximum Gasteiger partial charge on any atom is 0.317 e. The third-order valence-corrected chi connectivity index (χ3v) is 4.24. The Morgan fingerprint density at radius 3 is 2.77 bits per heavy atom. The third kappa shape index (κ3) is 4.44. The van der Waals surface area contributed by atoms with Gasteiger partial charge in [-0.25, -0.2) is 4.79 Å². The molecule has 0 radical (unpaired) electrons. The van der Waals surface area contributed by atoms with Crippen molar-refractivity contribution in [3.05, 3.63) is 30.1 Å². The first kappa shape index (κ1) is 16.7. The van der Waals surface area contributed by atoms with Crippen molar-refractivity contribution in [2.75, 3.05) is 13.1 Å². The molecule has 0 bridgehead atoms. The van der Waals surface area contributed by atoms with Crippen LogP contribution in [0.3, 0.4) is 0 Å². The Morgan fingerprint density at radius 2 is 2.23 bits per heavy atom. The summed E-state index contributed by atoms with van der Waals surface area (Å²) in [5.74, 6) is 0.653. The van der Waals surface area contributed by atoms with Gasteiger partial charge in [0.25, 0.3) is 0 Å². The van der Waals surface area contributed by atoms with Gasteiger partial charge in [-0.15, -0.1) is 0 Å². The summed E-state index contributed by atoms with van der Waals surface area (Å²) in [6.45, 7) is 7.41. The molecule has 1 aromatic rings. The van der Waals surface area contributed by atoms with Crippen LogP contribution in [0.25, 0.3) is 0 Å². The molecule has 2 amide bonds. The first-order valence-corrected chi connectivity index (χ1v) is 8.11. The van der Waals surface area contributed by atoms with Crippen LogP contribution in [0.5, 0.6) is 0 Å². The summed E-state index contributed by atoms with van der Waals surface area (Å²) < 4.78 is 0. The van der Waals surface area contributed by atoms with E-state index in [0.29, 0.717) is 19.0 Å². The molecule has 2 N–H and O–H groups in total. The number of aromatic nitrogens is 1. The molecule has 1 aliphatic rings. The number of amides is 2. The molecule has 2 heterocycles. The average Bonchev–Trinajstić information content (AvgIpc) is 2.97. The van der Waals surface area contributed by atoms with Crippen LogP contribution in [0, 0.1) is 11.8 Å². The molecule has 2 rings (SSSR count). The number of aliphatic hydroxyl groups excluding tert-OH is 1. The van der Waals surface area contributed by atoms with Crippen LogP contribution < -0.4 is 5.32 Å². The number of rotatable bonds is 5. The van der Waals surface area contributed by atoms with Crippen LogP contribution in [0.2, 0.25) is 0 Å². The number of hydrogen-bond donors (Lipinski definition) is 2. The summed E-state index contributed by atoms with van der Waals surface area (Å²) in [5, 5.41) is 12.8. The largest absolute Gasteiger partial charge is 0.393 e. The molecule has 22 heavy (non-hydrogen) atoms. The highest BCUT2D eigenvalue weighted by Crippen LogP contribution is 2.23. The van der Waals surface area contributed by atoms with Crippen molar-refractivity contribution < 1.29 is 9.90 Å². The van der Waals surface area contributed by atoms with Gasteiger partial charge in [0.1, 0.15) is 0 Å². The van der Waals surface area contributed by atoms with Crippen LogP contribution in [-0.2, 0) is 0 Å². The van der Waals surface area contributed by atoms with E-state index in [1.807, 2.05) is 18.2 Å². The predicted octanol–water partition coefficient (Wildman–Crippen LogP) is 2.58. The number of carbonyl (C=O) groups is 1. The number of carbonyl (C=O) groups excluding carboxylic acids is 1. The molecule has 0 aliphatic carbocycles. The molecule has 5 heteroatoms. The van der Waals surface area contributed by atoms with Crippen LogP contribution in [0.1, 0.15) is 45.3 Å². The van der Waals surface area contributed by atoms with E-state index in [1.165, 1.54) is 0 Å². The Balaban J connectivity index is 2.00. The lowest BCUT2D eigenvalue weighted by molar-refractivity contribution is 0.129. The van der Waals surface area contributed by atoms with Crippen molar-refractivity contribution in [2.24, 2.45) is 11.8 Å². The van der Waals surface area contributed by atoms with Gasteiger partial charge >= 0.3 is 6.03 Å². The van der Waals surface area contributed by atoms with E-state index in [0.717, 1.165) is 18.5 Å². The summed E-state index contributed by atoms with van der Waals surface area (Å²) in [5.41, 5.74) is 0.899. The summed E-state index contributed by atoms with van der Waals surface area (Å²) in [6, 6.07) is 5.65. The second-order valence-corrected chi connectivity index (χ2v) is 6.62. The van der Waals surface area contributed by atoms with Gasteiger partial charge in [-0.05, 0) is 37.8 Å². The molecule has 0 aromatic carbocycles. The Morgan fingerprint density at radius 1 is 1.45 bits per heavy atom. The van der Waals surface area contributed by atoms with Crippen LogP contribution >= 0.6 is 0 Å². The minimum absolute atomic E-state index is 0.0561. The first-order valence-electron chi connectivity index (χ1n) is 8.11. The van der Waals surface area contributed by atoms with Crippen molar-refractivity contribution >= 4 is 6.03 Å². The van der Waals surface area contributed by atoms with E-state index in [-0.39, 0.29) is 24.1 Å². The maximum atomic E-state index is 12.5. The molecule has 0 spiro atoms. The van der Waals surface area contributed by atoms with Crippen molar-refractivity contribution in [2.45, 2.75) is 45.8 Å². The van der Waals surface area contributed by atoms with Gasteiger partial charge in [-0.1, -0.05) is 19.9 Å². The molecule has 1 fully saturated rings. The van der Waals surface area contributed by atoms with Crippen LogP contribution in [0.4, 0.5) is 4.79 Å². The van der Waals surface area contributed by atoms with Crippen LogP contribution in [-0.4, -0.2) is 40.2 Å². The van der Waals surface area contributed by atoms with E-state index >= 15 is 0 Å². The average molecular weight is 305 g/mol. The molecule has 1 saturated heterocycles. The molecule has 0 saturated carbocycles. The van der Waals surface area contributed by atoms with Gasteiger partial charge in [-0.3, -0.25) is 4.98 Å². The molecule has 122 valence electrons. The SMILES string of the molecule is CC(C)C[C@H](NC(=O)N1CC[C@@H]([C@@H](C)O)C1)c1ccccn1. The molecule has 5 nitrogen and oxygen atoms in total. The summed E-state index contributed by atoms with van der Waals surface area (Å²) in [6.07, 6.45) is 3.12. The Hall–Kier alpha value is -1.62. The highest BCUT2D eigenvalue weighted by atomic mass is 16.3. The molecule has 0 unspecified atom stereocenters. The van der Waals surface area contributed by atoms with E-state index in [9.17, 15) is 9.90 Å². The van der Waals surface area contributed by atoms with E-state index in [1.54, 1.807) is 18.0 Å². The van der Waals surface area contributed by atoms with Crippen molar-refractivity contribution in [3.63, 3.8) is 0 Å². The topological polar surface area (TPSA) is 65.5 Å². The van der Waals surface area contributed by atoms with Gasteiger partial charge < -0.3 is 15.3 Å². The minimum atomic E-state index is -0.361. The normalized spacial score (nSPS) is 21.0. The van der Waals surface area contributed by atoms with Crippen LogP contribution in [0.15, 0.2) is 24.4 Å². The van der Waals surface area contributed by atoms with Gasteiger partial charge in [0.15, 0.2) is 0 Å². The van der Waals surface area contributed by atoms with Crippen molar-refractivity contribution in [1.29, 1.82) is 0 Å². The Labute approximate surface area is 132 Å². The highest BCUT2D eigenvalue weighted by Gasteiger charge is 2.30. The molecular weight excluding hydrogens is 278 g/mol. The number of likely N-dealkylation sites (tertiary alicyclic amines) is 1. The summed E-state index contributed by atoms with van der Waals surface area (Å²) >= 11 is 0. The molecule has 1 aromatic heterocycles. The highest BCUT2D eigenvalue weighted by molar-refractivity contribution is 5.75. The maximum absolute atomic E-state index is 12.5. The quantitative estimate of drug-likeness (QED) is 0.878. The zero-order chi connectivity index (χ0) is 16.1. The fraction of sp³-hybridized carbons (Fsp3) is 0.647. The van der Waals surface area contributed by atoms with Gasteiger partial charge in [0.05, 0.1) is 17.8 Å². The summed E-state index contributed by atoms with van der Waals surface area (Å²) in [7, 11) is 0. The molecule has 1 aliphatic heterocycles.